The van der Waals surface area contributed by atoms with E-state index in [1.807, 2.05) is 0 Å². The first-order chi connectivity index (χ1) is 7.56. The zero-order chi connectivity index (χ0) is 11.7. The maximum atomic E-state index is 12.8. The molecule has 16 heavy (non-hydrogen) atoms. The molecule has 0 saturated carbocycles. The summed E-state index contributed by atoms with van der Waals surface area (Å²) in [5.74, 6) is -1.90. The summed E-state index contributed by atoms with van der Waals surface area (Å²) in [6.07, 6.45) is 0.189. The van der Waals surface area contributed by atoms with Gasteiger partial charge in [0.1, 0.15) is 5.82 Å². The number of hydrogen-bond acceptors (Lipinski definition) is 3. The van der Waals surface area contributed by atoms with Crippen LogP contribution in [0.5, 0.6) is 0 Å². The number of benzene rings is 1. The van der Waals surface area contributed by atoms with Gasteiger partial charge in [0.2, 0.25) is 0 Å². The van der Waals surface area contributed by atoms with Gasteiger partial charge in [-0.1, -0.05) is 17.7 Å². The van der Waals surface area contributed by atoms with E-state index in [9.17, 15) is 14.0 Å². The van der Waals surface area contributed by atoms with Crippen molar-refractivity contribution in [1.82, 2.24) is 0 Å². The van der Waals surface area contributed by atoms with Gasteiger partial charge in [0.15, 0.2) is 0 Å². The van der Waals surface area contributed by atoms with Crippen molar-refractivity contribution in [3.8, 4) is 0 Å². The van der Waals surface area contributed by atoms with Crippen LogP contribution < -0.4 is 0 Å². The van der Waals surface area contributed by atoms with Crippen LogP contribution in [0.1, 0.15) is 24.3 Å². The van der Waals surface area contributed by atoms with E-state index in [0.717, 1.165) is 0 Å². The van der Waals surface area contributed by atoms with Gasteiger partial charge in [-0.05, 0) is 17.7 Å². The predicted octanol–water partition coefficient (Wildman–Crippen LogP) is 2.43. The summed E-state index contributed by atoms with van der Waals surface area (Å²) < 4.78 is 17.2. The molecule has 5 heteroatoms. The lowest BCUT2D eigenvalue weighted by atomic mass is 9.91. The lowest BCUT2D eigenvalue weighted by molar-refractivity contribution is -0.163. The number of ether oxygens (including phenoxy) is 1. The van der Waals surface area contributed by atoms with Crippen LogP contribution in [-0.2, 0) is 14.3 Å². The second kappa shape index (κ2) is 4.22. The Kier molecular flexibility index (Phi) is 2.92. The fraction of sp³-hybridized carbons (Fsp3) is 0.273. The molecule has 0 spiro atoms. The summed E-state index contributed by atoms with van der Waals surface area (Å²) in [7, 11) is 0. The van der Waals surface area contributed by atoms with E-state index in [0.29, 0.717) is 5.56 Å². The quantitative estimate of drug-likeness (QED) is 0.561. The van der Waals surface area contributed by atoms with Crippen molar-refractivity contribution >= 4 is 23.5 Å². The molecule has 0 amide bonds. The summed E-state index contributed by atoms with van der Waals surface area (Å²) in [6, 6.07) is 3.92. The molecular weight excluding hydrogens is 235 g/mol. The zero-order valence-corrected chi connectivity index (χ0v) is 8.96. The Morgan fingerprint density at radius 1 is 1.25 bits per heavy atom. The van der Waals surface area contributed by atoms with E-state index in [2.05, 4.69) is 4.74 Å². The van der Waals surface area contributed by atoms with Crippen molar-refractivity contribution in [1.29, 1.82) is 0 Å². The lowest BCUT2D eigenvalue weighted by Crippen LogP contribution is -2.24. The molecular formula is C11H8ClFO3. The van der Waals surface area contributed by atoms with E-state index in [-0.39, 0.29) is 23.8 Å². The van der Waals surface area contributed by atoms with Crippen LogP contribution >= 0.6 is 11.6 Å². The number of carbonyl (C=O) groups is 2. The molecule has 0 bridgehead atoms. The van der Waals surface area contributed by atoms with Crippen LogP contribution in [0.2, 0.25) is 5.02 Å². The number of carbonyl (C=O) groups excluding carboxylic acids is 2. The highest BCUT2D eigenvalue weighted by Crippen LogP contribution is 2.33. The Morgan fingerprint density at radius 2 is 1.88 bits per heavy atom. The minimum Gasteiger partial charge on any atom is -0.393 e. The number of esters is 2. The first kappa shape index (κ1) is 11.1. The molecule has 0 atom stereocenters. The SMILES string of the molecule is O=C1CC(c2ccc(F)cc2Cl)CC(=O)O1. The Bertz CT molecular complexity index is 443. The maximum Gasteiger partial charge on any atom is 0.314 e. The van der Waals surface area contributed by atoms with Crippen LogP contribution in [0.25, 0.3) is 0 Å². The minimum atomic E-state index is -0.568. The molecule has 1 fully saturated rings. The molecule has 0 aliphatic carbocycles. The Hall–Kier alpha value is -1.42. The molecule has 0 unspecified atom stereocenters. The van der Waals surface area contributed by atoms with E-state index >= 15 is 0 Å². The molecule has 84 valence electrons. The van der Waals surface area contributed by atoms with Crippen LogP contribution in [0.15, 0.2) is 18.2 Å². The van der Waals surface area contributed by atoms with Gasteiger partial charge in [0.05, 0.1) is 12.8 Å². The van der Waals surface area contributed by atoms with E-state index < -0.39 is 17.8 Å². The Labute approximate surface area is 96.2 Å². The standard InChI is InChI=1S/C11H8ClFO3/c12-9-5-7(13)1-2-8(9)6-3-10(14)16-11(15)4-6/h1-2,5-6H,3-4H2. The highest BCUT2D eigenvalue weighted by Gasteiger charge is 2.29. The largest absolute Gasteiger partial charge is 0.393 e. The molecule has 1 saturated heterocycles. The van der Waals surface area contributed by atoms with Gasteiger partial charge >= 0.3 is 11.9 Å². The number of cyclic esters (lactones) is 2. The average Bonchev–Trinajstić information content (AvgIpc) is 2.15. The molecule has 1 heterocycles. The molecule has 1 aliphatic rings. The number of rotatable bonds is 1. The van der Waals surface area contributed by atoms with Gasteiger partial charge in [-0.3, -0.25) is 9.59 Å². The van der Waals surface area contributed by atoms with Crippen molar-refractivity contribution in [2.45, 2.75) is 18.8 Å². The van der Waals surface area contributed by atoms with E-state index in [4.69, 9.17) is 11.6 Å². The Balaban J connectivity index is 2.29. The van der Waals surface area contributed by atoms with Crippen LogP contribution in [-0.4, -0.2) is 11.9 Å². The van der Waals surface area contributed by atoms with Crippen molar-refractivity contribution in [3.05, 3.63) is 34.6 Å². The topological polar surface area (TPSA) is 43.4 Å². The number of halogens is 2. The zero-order valence-electron chi connectivity index (χ0n) is 8.20. The van der Waals surface area contributed by atoms with Gasteiger partial charge < -0.3 is 4.74 Å². The monoisotopic (exact) mass is 242 g/mol. The second-order valence-corrected chi connectivity index (χ2v) is 4.02. The molecule has 1 aromatic carbocycles. The lowest BCUT2D eigenvalue weighted by Gasteiger charge is -2.20. The van der Waals surface area contributed by atoms with Crippen molar-refractivity contribution in [2.75, 3.05) is 0 Å². The van der Waals surface area contributed by atoms with Gasteiger partial charge in [0, 0.05) is 10.9 Å². The molecule has 1 aliphatic heterocycles. The van der Waals surface area contributed by atoms with Gasteiger partial charge in [0.25, 0.3) is 0 Å². The van der Waals surface area contributed by atoms with Crippen molar-refractivity contribution < 1.29 is 18.7 Å². The molecule has 0 aromatic heterocycles. The van der Waals surface area contributed by atoms with Crippen molar-refractivity contribution in [3.63, 3.8) is 0 Å². The summed E-state index contributed by atoms with van der Waals surface area (Å²) in [4.78, 5) is 22.2. The summed E-state index contributed by atoms with van der Waals surface area (Å²) in [5.41, 5.74) is 0.605. The van der Waals surface area contributed by atoms with Crippen LogP contribution in [0, 0.1) is 5.82 Å². The Morgan fingerprint density at radius 3 is 2.44 bits per heavy atom. The highest BCUT2D eigenvalue weighted by molar-refractivity contribution is 6.31. The predicted molar refractivity (Wildman–Crippen MR) is 54.5 cm³/mol. The summed E-state index contributed by atoms with van der Waals surface area (Å²) in [6.45, 7) is 0. The normalized spacial score (nSPS) is 17.4. The third-order valence-corrected chi connectivity index (χ3v) is 2.78. The summed E-state index contributed by atoms with van der Waals surface area (Å²) in [5, 5.41) is 0.229. The first-order valence-corrected chi connectivity index (χ1v) is 5.12. The average molecular weight is 243 g/mol. The molecule has 2 rings (SSSR count). The van der Waals surface area contributed by atoms with Gasteiger partial charge in [-0.25, -0.2) is 4.39 Å². The van der Waals surface area contributed by atoms with E-state index in [1.54, 1.807) is 0 Å². The fourth-order valence-corrected chi connectivity index (χ4v) is 2.06. The summed E-state index contributed by atoms with van der Waals surface area (Å²) >= 11 is 5.85. The third kappa shape index (κ3) is 2.22. The van der Waals surface area contributed by atoms with Gasteiger partial charge in [-0.15, -0.1) is 0 Å². The first-order valence-electron chi connectivity index (χ1n) is 4.74. The van der Waals surface area contributed by atoms with Crippen molar-refractivity contribution in [2.24, 2.45) is 0 Å². The smallest absolute Gasteiger partial charge is 0.314 e. The number of hydrogen-bond donors (Lipinski definition) is 0. The van der Waals surface area contributed by atoms with E-state index in [1.165, 1.54) is 18.2 Å². The van der Waals surface area contributed by atoms with Crippen LogP contribution in [0.3, 0.4) is 0 Å². The highest BCUT2D eigenvalue weighted by atomic mass is 35.5. The minimum absolute atomic E-state index is 0.0943. The second-order valence-electron chi connectivity index (χ2n) is 3.62. The molecule has 3 nitrogen and oxygen atoms in total. The van der Waals surface area contributed by atoms with Crippen LogP contribution in [0.4, 0.5) is 4.39 Å². The molecule has 0 N–H and O–H groups in total. The molecule has 0 radical (unpaired) electrons. The molecule has 1 aromatic rings. The third-order valence-electron chi connectivity index (χ3n) is 2.46. The maximum absolute atomic E-state index is 12.8. The van der Waals surface area contributed by atoms with Gasteiger partial charge in [-0.2, -0.15) is 0 Å². The fourth-order valence-electron chi connectivity index (χ4n) is 1.74.